The molecule has 0 radical (unpaired) electrons. The minimum atomic E-state index is 0.0706. The van der Waals surface area contributed by atoms with Crippen LogP contribution in [-0.2, 0) is 6.42 Å². The summed E-state index contributed by atoms with van der Waals surface area (Å²) >= 11 is 1.81. The summed E-state index contributed by atoms with van der Waals surface area (Å²) in [7, 11) is 0. The van der Waals surface area contributed by atoms with Gasteiger partial charge in [-0.25, -0.2) is 0 Å². The zero-order valence-electron chi connectivity index (χ0n) is 14.1. The van der Waals surface area contributed by atoms with E-state index in [4.69, 9.17) is 0 Å². The molecule has 2 aliphatic rings. The molecule has 1 amide bonds. The molecule has 0 aliphatic carbocycles. The fraction of sp³-hybridized carbons (Fsp3) is 0.556. The zero-order chi connectivity index (χ0) is 16.5. The molecular formula is C18H24N4OS. The lowest BCUT2D eigenvalue weighted by Gasteiger charge is -2.35. The number of carbonyl (C=O) groups excluding carboxylic acids is 1. The van der Waals surface area contributed by atoms with Crippen LogP contribution < -0.4 is 5.32 Å². The Morgan fingerprint density at radius 3 is 3.17 bits per heavy atom. The third kappa shape index (κ3) is 2.78. The average molecular weight is 344 g/mol. The second kappa shape index (κ2) is 6.69. The number of fused-ring (bicyclic) bond motifs is 1. The van der Waals surface area contributed by atoms with E-state index >= 15 is 0 Å². The van der Waals surface area contributed by atoms with E-state index in [1.165, 1.54) is 16.9 Å². The Hall–Kier alpha value is -1.66. The maximum Gasteiger partial charge on any atom is 0.274 e. The molecule has 0 aromatic carbocycles. The molecule has 0 saturated carbocycles. The first kappa shape index (κ1) is 15.8. The van der Waals surface area contributed by atoms with E-state index < -0.39 is 0 Å². The number of nitrogens with one attached hydrogen (secondary N) is 1. The van der Waals surface area contributed by atoms with Crippen LogP contribution in [0.2, 0.25) is 0 Å². The molecule has 128 valence electrons. The molecule has 2 atom stereocenters. The van der Waals surface area contributed by atoms with Crippen molar-refractivity contribution in [3.8, 4) is 0 Å². The van der Waals surface area contributed by atoms with E-state index in [2.05, 4.69) is 28.8 Å². The molecule has 5 nitrogen and oxygen atoms in total. The molecule has 2 unspecified atom stereocenters. The van der Waals surface area contributed by atoms with E-state index in [1.54, 1.807) is 0 Å². The van der Waals surface area contributed by atoms with Gasteiger partial charge in [0.1, 0.15) is 5.69 Å². The Morgan fingerprint density at radius 1 is 1.46 bits per heavy atom. The average Bonchev–Trinajstić information content (AvgIpc) is 3.30. The predicted octanol–water partition coefficient (Wildman–Crippen LogP) is 3.02. The van der Waals surface area contributed by atoms with Gasteiger partial charge in [-0.05, 0) is 55.3 Å². The molecule has 1 saturated heterocycles. The summed E-state index contributed by atoms with van der Waals surface area (Å²) in [6.07, 6.45) is 6.16. The van der Waals surface area contributed by atoms with Crippen molar-refractivity contribution >= 4 is 17.2 Å². The van der Waals surface area contributed by atoms with Crippen LogP contribution >= 0.6 is 11.3 Å². The number of hydrogen-bond donors (Lipinski definition) is 1. The van der Waals surface area contributed by atoms with Crippen molar-refractivity contribution in [1.82, 2.24) is 20.0 Å². The lowest BCUT2D eigenvalue weighted by Crippen LogP contribution is -2.39. The molecule has 1 N–H and O–H groups in total. The fourth-order valence-electron chi connectivity index (χ4n) is 3.94. The summed E-state index contributed by atoms with van der Waals surface area (Å²) in [6.45, 7) is 4.97. The van der Waals surface area contributed by atoms with Crippen LogP contribution in [0.5, 0.6) is 0 Å². The molecule has 6 heteroatoms. The summed E-state index contributed by atoms with van der Waals surface area (Å²) in [5.41, 5.74) is 1.91. The molecule has 4 rings (SSSR count). The second-order valence-corrected chi connectivity index (χ2v) is 7.65. The van der Waals surface area contributed by atoms with Crippen LogP contribution in [0.25, 0.3) is 0 Å². The SMILES string of the molecule is CCC1c2ccsc2CCN1C(=O)c1ccn(C2CCCNC2)n1. The van der Waals surface area contributed by atoms with E-state index in [1.807, 2.05) is 33.2 Å². The smallest absolute Gasteiger partial charge is 0.274 e. The van der Waals surface area contributed by atoms with Crippen LogP contribution in [0.1, 0.15) is 59.2 Å². The van der Waals surface area contributed by atoms with Gasteiger partial charge in [0, 0.05) is 24.2 Å². The van der Waals surface area contributed by atoms with Crippen LogP contribution in [0.4, 0.5) is 0 Å². The molecule has 1 fully saturated rings. The normalized spacial score (nSPS) is 24.0. The number of piperidine rings is 1. The summed E-state index contributed by atoms with van der Waals surface area (Å²) in [5.74, 6) is 0.0706. The second-order valence-electron chi connectivity index (χ2n) is 6.65. The Labute approximate surface area is 146 Å². The predicted molar refractivity (Wildman–Crippen MR) is 95.5 cm³/mol. The van der Waals surface area contributed by atoms with Crippen LogP contribution in [0, 0.1) is 0 Å². The Bertz CT molecular complexity index is 716. The van der Waals surface area contributed by atoms with Gasteiger partial charge in [0.05, 0.1) is 12.1 Å². The highest BCUT2D eigenvalue weighted by Crippen LogP contribution is 2.35. The minimum absolute atomic E-state index is 0.0706. The third-order valence-corrected chi connectivity index (χ3v) is 6.21. The highest BCUT2D eigenvalue weighted by Gasteiger charge is 2.32. The van der Waals surface area contributed by atoms with Crippen molar-refractivity contribution < 1.29 is 4.79 Å². The van der Waals surface area contributed by atoms with Crippen molar-refractivity contribution in [3.05, 3.63) is 39.8 Å². The first-order chi connectivity index (χ1) is 11.8. The maximum absolute atomic E-state index is 13.0. The quantitative estimate of drug-likeness (QED) is 0.931. The first-order valence-corrected chi connectivity index (χ1v) is 9.79. The lowest BCUT2D eigenvalue weighted by atomic mass is 9.97. The van der Waals surface area contributed by atoms with Crippen LogP contribution in [0.3, 0.4) is 0 Å². The molecule has 2 aromatic heterocycles. The standard InChI is InChI=1S/C18H24N4OS/c1-2-16-14-7-11-24-17(14)6-9-21(16)18(23)15-5-10-22(20-15)13-4-3-8-19-12-13/h5,7,10-11,13,16,19H,2-4,6,8-9,12H2,1H3. The van der Waals surface area contributed by atoms with Crippen molar-refractivity contribution in [2.75, 3.05) is 19.6 Å². The van der Waals surface area contributed by atoms with Gasteiger partial charge in [-0.15, -0.1) is 11.3 Å². The van der Waals surface area contributed by atoms with Gasteiger partial charge < -0.3 is 10.2 Å². The van der Waals surface area contributed by atoms with Gasteiger partial charge >= 0.3 is 0 Å². The monoisotopic (exact) mass is 344 g/mol. The number of carbonyl (C=O) groups is 1. The molecule has 2 aliphatic heterocycles. The Kier molecular flexibility index (Phi) is 4.41. The minimum Gasteiger partial charge on any atom is -0.330 e. The number of rotatable bonds is 3. The highest BCUT2D eigenvalue weighted by molar-refractivity contribution is 7.10. The summed E-state index contributed by atoms with van der Waals surface area (Å²) < 4.78 is 1.97. The lowest BCUT2D eigenvalue weighted by molar-refractivity contribution is 0.0650. The van der Waals surface area contributed by atoms with E-state index in [0.29, 0.717) is 11.7 Å². The number of thiophene rings is 1. The first-order valence-electron chi connectivity index (χ1n) is 8.91. The summed E-state index contributed by atoms with van der Waals surface area (Å²) in [6, 6.07) is 4.62. The summed E-state index contributed by atoms with van der Waals surface area (Å²) in [4.78, 5) is 16.5. The van der Waals surface area contributed by atoms with E-state index in [9.17, 15) is 4.79 Å². The molecule has 2 aromatic rings. The van der Waals surface area contributed by atoms with Gasteiger partial charge in [-0.3, -0.25) is 9.48 Å². The maximum atomic E-state index is 13.0. The topological polar surface area (TPSA) is 50.2 Å². The van der Waals surface area contributed by atoms with Crippen molar-refractivity contribution in [2.45, 2.75) is 44.7 Å². The van der Waals surface area contributed by atoms with Gasteiger partial charge in [-0.1, -0.05) is 6.92 Å². The van der Waals surface area contributed by atoms with Crippen LogP contribution in [-0.4, -0.2) is 40.2 Å². The van der Waals surface area contributed by atoms with Gasteiger partial charge in [-0.2, -0.15) is 5.10 Å². The van der Waals surface area contributed by atoms with Gasteiger partial charge in [0.25, 0.3) is 5.91 Å². The largest absolute Gasteiger partial charge is 0.330 e. The van der Waals surface area contributed by atoms with Crippen molar-refractivity contribution in [2.24, 2.45) is 0 Å². The van der Waals surface area contributed by atoms with Crippen molar-refractivity contribution in [1.29, 1.82) is 0 Å². The fourth-order valence-corrected chi connectivity index (χ4v) is 4.87. The third-order valence-electron chi connectivity index (χ3n) is 5.21. The molecule has 0 spiro atoms. The number of aromatic nitrogens is 2. The van der Waals surface area contributed by atoms with Crippen molar-refractivity contribution in [3.63, 3.8) is 0 Å². The van der Waals surface area contributed by atoms with E-state index in [-0.39, 0.29) is 11.9 Å². The molecule has 0 bridgehead atoms. The number of amides is 1. The Morgan fingerprint density at radius 2 is 2.38 bits per heavy atom. The molecule has 24 heavy (non-hydrogen) atoms. The highest BCUT2D eigenvalue weighted by atomic mass is 32.1. The number of hydrogen-bond acceptors (Lipinski definition) is 4. The van der Waals surface area contributed by atoms with E-state index in [0.717, 1.165) is 38.9 Å². The zero-order valence-corrected chi connectivity index (χ0v) is 14.9. The van der Waals surface area contributed by atoms with Gasteiger partial charge in [0.2, 0.25) is 0 Å². The summed E-state index contributed by atoms with van der Waals surface area (Å²) in [5, 5.41) is 10.2. The number of nitrogens with zero attached hydrogens (tertiary/aromatic N) is 3. The Balaban J connectivity index is 1.54. The van der Waals surface area contributed by atoms with Gasteiger partial charge in [0.15, 0.2) is 0 Å². The van der Waals surface area contributed by atoms with Crippen LogP contribution in [0.15, 0.2) is 23.7 Å². The molecule has 4 heterocycles. The molecular weight excluding hydrogens is 320 g/mol.